The normalized spacial score (nSPS) is 10.3. The predicted octanol–water partition coefficient (Wildman–Crippen LogP) is 6.61. The second kappa shape index (κ2) is 13.8. The molecule has 0 amide bonds. The fraction of sp³-hybridized carbons (Fsp3) is 0.0769. The first-order valence-electron chi connectivity index (χ1n) is 9.85. The van der Waals surface area contributed by atoms with Crippen molar-refractivity contribution >= 4 is 46.8 Å². The van der Waals surface area contributed by atoms with Crippen LogP contribution >= 0.6 is 25.6 Å². The molecule has 0 fully saturated rings. The molecule has 0 aliphatic heterocycles. The van der Waals surface area contributed by atoms with Gasteiger partial charge in [0.15, 0.2) is 0 Å². The van der Waals surface area contributed by atoms with Crippen LogP contribution in [0.15, 0.2) is 121 Å². The summed E-state index contributed by atoms with van der Waals surface area (Å²) in [7, 11) is 0. The number of rotatable bonds is 6. The van der Waals surface area contributed by atoms with E-state index in [2.05, 4.69) is 121 Å². The third kappa shape index (κ3) is 6.78. The van der Waals surface area contributed by atoms with Crippen molar-refractivity contribution in [2.24, 2.45) is 0 Å². The number of hydrogen-bond acceptors (Lipinski definition) is 0. The van der Waals surface area contributed by atoms with Crippen LogP contribution in [0.1, 0.15) is 13.8 Å². The van der Waals surface area contributed by atoms with E-state index < -0.39 is 13.2 Å². The van der Waals surface area contributed by atoms with Gasteiger partial charge in [-0.1, -0.05) is 13.8 Å². The summed E-state index contributed by atoms with van der Waals surface area (Å²) in [6, 6.07) is 44.1. The molecule has 4 heteroatoms. The number of hydrogen-bond donors (Lipinski definition) is 0. The Kier molecular flexibility index (Phi) is 11.4. The van der Waals surface area contributed by atoms with E-state index in [1.807, 2.05) is 13.8 Å². The Morgan fingerprint density at radius 3 is 0.800 bits per heavy atom. The van der Waals surface area contributed by atoms with E-state index >= 15 is 0 Å². The van der Waals surface area contributed by atoms with E-state index in [0.717, 1.165) is 0 Å². The Bertz CT molecular complexity index is 791. The molecule has 4 rings (SSSR count). The molecule has 0 saturated carbocycles. The summed E-state index contributed by atoms with van der Waals surface area (Å²) < 4.78 is 0. The first-order valence-corrected chi connectivity index (χ1v) is 15.2. The quantitative estimate of drug-likeness (QED) is 0.210. The SMILES string of the molecule is CC.Cl.c1ccc([P]([Fe][P](c2ccccc2)c2ccccc2)c2ccccc2)cc1. The van der Waals surface area contributed by atoms with Gasteiger partial charge in [-0.05, 0) is 0 Å². The van der Waals surface area contributed by atoms with Gasteiger partial charge in [0, 0.05) is 0 Å². The van der Waals surface area contributed by atoms with Crippen molar-refractivity contribution in [1.82, 2.24) is 0 Å². The number of benzene rings is 4. The van der Waals surface area contributed by atoms with Crippen molar-refractivity contribution in [2.75, 3.05) is 0 Å². The van der Waals surface area contributed by atoms with Crippen molar-refractivity contribution in [1.29, 1.82) is 0 Å². The third-order valence-electron chi connectivity index (χ3n) is 4.05. The van der Waals surface area contributed by atoms with Gasteiger partial charge >= 0.3 is 170 Å². The molecule has 0 heterocycles. The van der Waals surface area contributed by atoms with Gasteiger partial charge in [-0.3, -0.25) is 0 Å². The molecule has 0 saturated heterocycles. The Balaban J connectivity index is 0.00000104. The van der Waals surface area contributed by atoms with Crippen LogP contribution in [0, 0.1) is 0 Å². The Morgan fingerprint density at radius 2 is 0.600 bits per heavy atom. The average Bonchev–Trinajstić information content (AvgIpc) is 2.83. The first kappa shape index (κ1) is 24.8. The number of halogens is 1. The topological polar surface area (TPSA) is 0 Å². The standard InChI is InChI=1S/2C12H10P.C2H6.ClH.Fe/c2*1-3-7-11(8-4-1)13-12-9-5-2-6-10-12;1-2;;/h2*1-10H;1-2H3;1H;/q2*-1;;;+2. The molecule has 0 spiro atoms. The second-order valence-electron chi connectivity index (χ2n) is 5.95. The van der Waals surface area contributed by atoms with Crippen LogP contribution in [-0.2, 0) is 14.1 Å². The third-order valence-corrected chi connectivity index (χ3v) is 15.5. The zero-order valence-electron chi connectivity index (χ0n) is 17.2. The van der Waals surface area contributed by atoms with Crippen molar-refractivity contribution < 1.29 is 14.1 Å². The van der Waals surface area contributed by atoms with Crippen molar-refractivity contribution in [3.63, 3.8) is 0 Å². The molecule has 0 aliphatic carbocycles. The van der Waals surface area contributed by atoms with Crippen molar-refractivity contribution in [3.8, 4) is 0 Å². The summed E-state index contributed by atoms with van der Waals surface area (Å²) in [6.45, 7) is 3.18. The Labute approximate surface area is 195 Å². The van der Waals surface area contributed by atoms with Crippen LogP contribution in [-0.4, -0.2) is 0 Å². The zero-order valence-corrected chi connectivity index (χ0v) is 20.9. The minimum absolute atomic E-state index is 0. The summed E-state index contributed by atoms with van der Waals surface area (Å²) in [5.74, 6) is 0. The van der Waals surface area contributed by atoms with E-state index in [-0.39, 0.29) is 12.4 Å². The van der Waals surface area contributed by atoms with Crippen molar-refractivity contribution in [3.05, 3.63) is 121 Å². The second-order valence-corrected chi connectivity index (χ2v) is 14.6. The fourth-order valence-corrected chi connectivity index (χ4v) is 15.5. The van der Waals surface area contributed by atoms with Crippen LogP contribution in [0.4, 0.5) is 0 Å². The molecule has 0 atom stereocenters. The molecule has 0 N–H and O–H groups in total. The molecule has 0 aromatic heterocycles. The van der Waals surface area contributed by atoms with Crippen LogP contribution < -0.4 is 21.2 Å². The average molecular weight is 493 g/mol. The predicted molar refractivity (Wildman–Crippen MR) is 137 cm³/mol. The summed E-state index contributed by atoms with van der Waals surface area (Å²) in [5, 5.41) is 5.83. The monoisotopic (exact) mass is 492 g/mol. The molecule has 4 aromatic carbocycles. The van der Waals surface area contributed by atoms with E-state index in [4.69, 9.17) is 0 Å². The van der Waals surface area contributed by atoms with Crippen molar-refractivity contribution in [2.45, 2.75) is 13.8 Å². The molecule has 0 bridgehead atoms. The van der Waals surface area contributed by atoms with Gasteiger partial charge in [0.05, 0.1) is 0 Å². The molecule has 156 valence electrons. The molecule has 0 aliphatic rings. The van der Waals surface area contributed by atoms with Gasteiger partial charge in [0.2, 0.25) is 0 Å². The molecule has 4 aromatic rings. The van der Waals surface area contributed by atoms with Crippen LogP contribution in [0.3, 0.4) is 0 Å². The Morgan fingerprint density at radius 1 is 0.400 bits per heavy atom. The van der Waals surface area contributed by atoms with Gasteiger partial charge in [0.1, 0.15) is 0 Å². The van der Waals surface area contributed by atoms with E-state index in [9.17, 15) is 0 Å². The first-order chi connectivity index (χ1) is 14.4. The molecule has 30 heavy (non-hydrogen) atoms. The van der Waals surface area contributed by atoms with Crippen LogP contribution in [0.2, 0.25) is 0 Å². The molecule has 0 unspecified atom stereocenters. The zero-order chi connectivity index (χ0) is 20.3. The van der Waals surface area contributed by atoms with E-state index in [0.29, 0.717) is 0 Å². The molecule has 0 radical (unpaired) electrons. The molecule has 0 nitrogen and oxygen atoms in total. The summed E-state index contributed by atoms with van der Waals surface area (Å²) in [6.07, 6.45) is 0. The summed E-state index contributed by atoms with van der Waals surface area (Å²) in [5.41, 5.74) is 0. The maximum absolute atomic E-state index is 2.29. The van der Waals surface area contributed by atoms with Gasteiger partial charge in [-0.2, -0.15) is 0 Å². The Hall–Kier alpha value is -1.45. The summed E-state index contributed by atoms with van der Waals surface area (Å²) in [4.78, 5) is 0. The van der Waals surface area contributed by atoms with E-state index in [1.54, 1.807) is 0 Å². The van der Waals surface area contributed by atoms with Gasteiger partial charge in [-0.25, -0.2) is 0 Å². The minimum atomic E-state index is -0.409. The fourth-order valence-electron chi connectivity index (χ4n) is 2.75. The van der Waals surface area contributed by atoms with Gasteiger partial charge < -0.3 is 0 Å². The summed E-state index contributed by atoms with van der Waals surface area (Å²) >= 11 is 1.17. The van der Waals surface area contributed by atoms with Gasteiger partial charge in [0.25, 0.3) is 0 Å². The molecular weight excluding hydrogens is 466 g/mol. The van der Waals surface area contributed by atoms with Crippen LogP contribution in [0.25, 0.3) is 0 Å². The molecular formula is C26H27ClFeP2. The van der Waals surface area contributed by atoms with Crippen LogP contribution in [0.5, 0.6) is 0 Å². The van der Waals surface area contributed by atoms with E-state index in [1.165, 1.54) is 35.3 Å². The van der Waals surface area contributed by atoms with Gasteiger partial charge in [-0.15, -0.1) is 12.4 Å². The maximum atomic E-state index is 2.29.